The van der Waals surface area contributed by atoms with Gasteiger partial charge in [-0.2, -0.15) is 0 Å². The molecular formula is C28H36Br2Ge2. The summed E-state index contributed by atoms with van der Waals surface area (Å²) in [6, 6.07) is 31.6. The van der Waals surface area contributed by atoms with Gasteiger partial charge in [-0.25, -0.2) is 0 Å². The summed E-state index contributed by atoms with van der Waals surface area (Å²) < 4.78 is 3.12. The van der Waals surface area contributed by atoms with Gasteiger partial charge in [-0.05, 0) is 0 Å². The summed E-state index contributed by atoms with van der Waals surface area (Å²) in [6.07, 6.45) is 7.61. The molecule has 0 N–H and O–H groups in total. The van der Waals surface area contributed by atoms with Crippen molar-refractivity contribution in [1.82, 2.24) is 0 Å². The van der Waals surface area contributed by atoms with Crippen LogP contribution in [0, 0.1) is 0 Å². The minimum atomic E-state index is -2.01. The molecule has 0 bridgehead atoms. The summed E-state index contributed by atoms with van der Waals surface area (Å²) in [6.45, 7) is 0. The molecule has 0 radical (unpaired) electrons. The maximum absolute atomic E-state index is 4.13. The molecule has 2 unspecified atom stereocenters. The first-order valence-corrected chi connectivity index (χ1v) is 31.0. The molecule has 0 saturated heterocycles. The Morgan fingerprint density at radius 2 is 0.844 bits per heavy atom. The molecule has 3 rings (SSSR count). The van der Waals surface area contributed by atoms with E-state index in [2.05, 4.69) is 124 Å². The number of benzene rings is 3. The van der Waals surface area contributed by atoms with Crippen molar-refractivity contribution in [2.24, 2.45) is 0 Å². The third-order valence-corrected chi connectivity index (χ3v) is 27.3. The Bertz CT molecular complexity index is 844. The summed E-state index contributed by atoms with van der Waals surface area (Å²) in [5.41, 5.74) is 2.98. The monoisotopic (exact) mass is 678 g/mol. The van der Waals surface area contributed by atoms with Crippen molar-refractivity contribution in [3.05, 3.63) is 96.1 Å². The van der Waals surface area contributed by atoms with Gasteiger partial charge in [-0.15, -0.1) is 0 Å². The van der Waals surface area contributed by atoms with Crippen LogP contribution in [-0.2, 0) is 12.8 Å². The van der Waals surface area contributed by atoms with Crippen LogP contribution in [-0.4, -0.2) is 22.8 Å². The minimum absolute atomic E-state index is 1.20. The topological polar surface area (TPSA) is 0 Å². The van der Waals surface area contributed by atoms with E-state index in [9.17, 15) is 0 Å². The standard InChI is InChI=1S/C28H36Br2Ge2/c1-31(29,27-15-5-3-6-16-27)23-11-9-13-25-19-21-26(22-20-25)14-10-12-24-32(2,30)28-17-7-4-8-18-28/h3-8,15-22H,9-14,23-24H2,1-2H3. The third-order valence-electron chi connectivity index (χ3n) is 6.50. The zero-order valence-electron chi connectivity index (χ0n) is 19.5. The second-order valence-corrected chi connectivity index (χ2v) is 42.1. The molecule has 0 aliphatic heterocycles. The van der Waals surface area contributed by atoms with E-state index in [0.29, 0.717) is 0 Å². The second-order valence-electron chi connectivity index (χ2n) is 9.36. The van der Waals surface area contributed by atoms with Gasteiger partial charge in [0.1, 0.15) is 0 Å². The van der Waals surface area contributed by atoms with Crippen molar-refractivity contribution in [1.29, 1.82) is 0 Å². The van der Waals surface area contributed by atoms with E-state index < -0.39 is 22.8 Å². The zero-order valence-corrected chi connectivity index (χ0v) is 26.9. The molecule has 3 aromatic rings. The summed E-state index contributed by atoms with van der Waals surface area (Å²) in [5.74, 6) is 4.96. The number of unbranched alkanes of at least 4 members (excludes halogenated alkanes) is 2. The van der Waals surface area contributed by atoms with Gasteiger partial charge in [-0.3, -0.25) is 0 Å². The van der Waals surface area contributed by atoms with Crippen LogP contribution in [0.25, 0.3) is 0 Å². The van der Waals surface area contributed by atoms with Crippen molar-refractivity contribution >= 4 is 59.6 Å². The normalized spacial score (nSPS) is 15.1. The van der Waals surface area contributed by atoms with Crippen molar-refractivity contribution in [3.8, 4) is 0 Å². The third kappa shape index (κ3) is 8.49. The number of rotatable bonds is 12. The van der Waals surface area contributed by atoms with E-state index >= 15 is 0 Å². The molecule has 0 saturated carbocycles. The van der Waals surface area contributed by atoms with E-state index in [1.807, 2.05) is 0 Å². The fourth-order valence-electron chi connectivity index (χ4n) is 4.30. The SMILES string of the molecule is [CH3][Ge]([Br])([CH2]CCCc1ccc(CCC[CH2][Ge]([CH3])([Br])[c]2ccccc2)cc1)[c]1ccccc1. The zero-order chi connectivity index (χ0) is 22.9. The van der Waals surface area contributed by atoms with Crippen LogP contribution in [0.3, 0.4) is 0 Å². The first-order chi connectivity index (χ1) is 15.4. The number of hydrogen-bond acceptors (Lipinski definition) is 0. The van der Waals surface area contributed by atoms with Crippen LogP contribution in [0.5, 0.6) is 0 Å². The number of hydrogen-bond donors (Lipinski definition) is 0. The van der Waals surface area contributed by atoms with Crippen molar-refractivity contribution in [2.45, 2.75) is 60.5 Å². The van der Waals surface area contributed by atoms with E-state index in [0.717, 1.165) is 0 Å². The molecule has 32 heavy (non-hydrogen) atoms. The number of halogens is 2. The van der Waals surface area contributed by atoms with Gasteiger partial charge in [0.05, 0.1) is 0 Å². The van der Waals surface area contributed by atoms with Gasteiger partial charge < -0.3 is 0 Å². The van der Waals surface area contributed by atoms with Gasteiger partial charge in [0.25, 0.3) is 0 Å². The Morgan fingerprint density at radius 1 is 0.500 bits per heavy atom. The molecule has 0 nitrogen and oxygen atoms in total. The van der Waals surface area contributed by atoms with E-state index in [1.54, 1.807) is 8.79 Å². The molecule has 3 aromatic carbocycles. The Kier molecular flexibility index (Phi) is 10.7. The van der Waals surface area contributed by atoms with Crippen LogP contribution in [0.15, 0.2) is 84.9 Å². The Morgan fingerprint density at radius 3 is 1.19 bits per heavy atom. The molecule has 0 amide bonds. The summed E-state index contributed by atoms with van der Waals surface area (Å²) >= 11 is 4.24. The molecule has 170 valence electrons. The summed E-state index contributed by atoms with van der Waals surface area (Å²) in [5, 5.41) is 2.70. The van der Waals surface area contributed by atoms with Crippen molar-refractivity contribution in [3.63, 3.8) is 0 Å². The van der Waals surface area contributed by atoms with Crippen LogP contribution < -0.4 is 8.79 Å². The Balaban J connectivity index is 1.35. The molecule has 0 spiro atoms. The molecule has 0 aliphatic rings. The van der Waals surface area contributed by atoms with Crippen molar-refractivity contribution in [2.75, 3.05) is 0 Å². The first-order valence-electron chi connectivity index (χ1n) is 11.9. The van der Waals surface area contributed by atoms with E-state index in [4.69, 9.17) is 0 Å². The van der Waals surface area contributed by atoms with Gasteiger partial charge in [0.2, 0.25) is 0 Å². The molecule has 0 aromatic heterocycles. The van der Waals surface area contributed by atoms with Crippen LogP contribution in [0.2, 0.25) is 22.0 Å². The molecule has 0 aliphatic carbocycles. The average Bonchev–Trinajstić information content (AvgIpc) is 2.82. The van der Waals surface area contributed by atoms with Crippen LogP contribution in [0.4, 0.5) is 0 Å². The quantitative estimate of drug-likeness (QED) is 0.134. The molecular weight excluding hydrogens is 641 g/mol. The fraction of sp³-hybridized carbons (Fsp3) is 0.357. The van der Waals surface area contributed by atoms with Crippen LogP contribution in [0.1, 0.15) is 36.8 Å². The second kappa shape index (κ2) is 13.0. The fourth-order valence-corrected chi connectivity index (χ4v) is 18.7. The van der Waals surface area contributed by atoms with E-state index in [1.165, 1.54) is 60.2 Å². The summed E-state index contributed by atoms with van der Waals surface area (Å²) in [4.78, 5) is 0. The average molecular weight is 678 g/mol. The number of aryl methyl sites for hydroxylation is 2. The summed E-state index contributed by atoms with van der Waals surface area (Å²) in [7, 11) is 0. The molecule has 4 heteroatoms. The maximum atomic E-state index is 4.13. The van der Waals surface area contributed by atoms with Crippen molar-refractivity contribution < 1.29 is 0 Å². The van der Waals surface area contributed by atoms with Gasteiger partial charge in [-0.1, -0.05) is 0 Å². The van der Waals surface area contributed by atoms with Gasteiger partial charge in [0, 0.05) is 0 Å². The first kappa shape index (κ1) is 26.3. The predicted molar refractivity (Wildman–Crippen MR) is 155 cm³/mol. The van der Waals surface area contributed by atoms with Crippen LogP contribution >= 0.6 is 28.0 Å². The predicted octanol–water partition coefficient (Wildman–Crippen LogP) is 8.09. The van der Waals surface area contributed by atoms with Gasteiger partial charge >= 0.3 is 216 Å². The van der Waals surface area contributed by atoms with Gasteiger partial charge in [0.15, 0.2) is 0 Å². The molecule has 2 atom stereocenters. The Labute approximate surface area is 214 Å². The Hall–Kier alpha value is -0.294. The van der Waals surface area contributed by atoms with E-state index in [-0.39, 0.29) is 0 Å². The molecule has 0 fully saturated rings. The molecule has 0 heterocycles.